The molecule has 0 heterocycles. The normalized spacial score (nSPS) is 13.2. The minimum absolute atomic E-state index is 0.0152. The average molecular weight is 272 g/mol. The van der Waals surface area contributed by atoms with Crippen molar-refractivity contribution in [3.05, 3.63) is 33.9 Å². The summed E-state index contributed by atoms with van der Waals surface area (Å²) in [6.45, 7) is 1.92. The highest BCUT2D eigenvalue weighted by molar-refractivity contribution is 5.92. The molecule has 2 rings (SSSR count). The zero-order valence-corrected chi connectivity index (χ0v) is 11.3. The number of hydrogen-bond acceptors (Lipinski definition) is 3. The van der Waals surface area contributed by atoms with Gasteiger partial charge in [-0.3, -0.25) is 14.9 Å². The Morgan fingerprint density at radius 2 is 2.25 bits per heavy atom. The number of nitrogens with one attached hydrogen (secondary N) is 1. The molecule has 0 saturated heterocycles. The molecule has 1 aliphatic carbocycles. The van der Waals surface area contributed by atoms with Crippen LogP contribution in [-0.4, -0.2) is 10.8 Å². The summed E-state index contributed by atoms with van der Waals surface area (Å²) in [6.07, 6.45) is 3.34. The molecular weight excluding hydrogens is 256 g/mol. The summed E-state index contributed by atoms with van der Waals surface area (Å²) >= 11 is 0. The van der Waals surface area contributed by atoms with Gasteiger partial charge < -0.3 is 5.32 Å². The van der Waals surface area contributed by atoms with E-state index in [9.17, 15) is 14.9 Å². The number of non-ortho nitro benzene ring substituents is 1. The standard InChI is InChI=1S/C15H16N2O3/c1-2-3-15(18)16-14-9-8-13(17(19)20)10-12(14)7-6-11-4-5-11/h8-11H,2-5H2,1H3,(H,16,18). The molecule has 0 radical (unpaired) electrons. The molecule has 0 spiro atoms. The van der Waals surface area contributed by atoms with Crippen LogP contribution in [0.5, 0.6) is 0 Å². The number of rotatable bonds is 4. The van der Waals surface area contributed by atoms with Gasteiger partial charge in [-0.2, -0.15) is 0 Å². The number of nitro benzene ring substituents is 1. The van der Waals surface area contributed by atoms with Crippen LogP contribution in [0.25, 0.3) is 0 Å². The van der Waals surface area contributed by atoms with Crippen LogP contribution in [0.4, 0.5) is 11.4 Å². The highest BCUT2D eigenvalue weighted by atomic mass is 16.6. The van der Waals surface area contributed by atoms with E-state index in [1.807, 2.05) is 6.92 Å². The molecular formula is C15H16N2O3. The summed E-state index contributed by atoms with van der Waals surface area (Å²) in [6, 6.07) is 4.34. The van der Waals surface area contributed by atoms with E-state index in [0.29, 0.717) is 23.6 Å². The predicted octanol–water partition coefficient (Wildman–Crippen LogP) is 3.09. The van der Waals surface area contributed by atoms with Crippen LogP contribution in [0.2, 0.25) is 0 Å². The van der Waals surface area contributed by atoms with E-state index < -0.39 is 4.92 Å². The van der Waals surface area contributed by atoms with E-state index in [-0.39, 0.29) is 11.6 Å². The second kappa shape index (κ2) is 6.20. The molecule has 5 nitrogen and oxygen atoms in total. The summed E-state index contributed by atoms with van der Waals surface area (Å²) in [4.78, 5) is 22.0. The minimum atomic E-state index is -0.458. The van der Waals surface area contributed by atoms with Gasteiger partial charge in [-0.05, 0) is 25.3 Å². The largest absolute Gasteiger partial charge is 0.325 e. The van der Waals surface area contributed by atoms with E-state index in [2.05, 4.69) is 17.2 Å². The van der Waals surface area contributed by atoms with Gasteiger partial charge in [-0.15, -0.1) is 0 Å². The first-order valence-corrected chi connectivity index (χ1v) is 6.70. The lowest BCUT2D eigenvalue weighted by Crippen LogP contribution is -2.11. The monoisotopic (exact) mass is 272 g/mol. The molecule has 0 aliphatic heterocycles. The molecule has 1 amide bonds. The van der Waals surface area contributed by atoms with E-state index in [0.717, 1.165) is 19.3 Å². The molecule has 0 aromatic heterocycles. The van der Waals surface area contributed by atoms with Gasteiger partial charge in [0.1, 0.15) is 0 Å². The van der Waals surface area contributed by atoms with E-state index in [1.54, 1.807) is 6.07 Å². The molecule has 5 heteroatoms. The summed E-state index contributed by atoms with van der Waals surface area (Å²) < 4.78 is 0. The predicted molar refractivity (Wildman–Crippen MR) is 76.2 cm³/mol. The van der Waals surface area contributed by atoms with Crippen LogP contribution in [0.3, 0.4) is 0 Å². The Balaban J connectivity index is 2.27. The zero-order valence-electron chi connectivity index (χ0n) is 11.3. The SMILES string of the molecule is CCCC(=O)Nc1ccc([N+](=O)[O-])cc1C#CC1CC1. The maximum atomic E-state index is 11.6. The third-order valence-electron chi connectivity index (χ3n) is 2.95. The van der Waals surface area contributed by atoms with Crippen molar-refractivity contribution in [1.29, 1.82) is 0 Å². The van der Waals surface area contributed by atoms with Crippen molar-refractivity contribution in [2.24, 2.45) is 5.92 Å². The van der Waals surface area contributed by atoms with Crippen LogP contribution in [-0.2, 0) is 4.79 Å². The highest BCUT2D eigenvalue weighted by Gasteiger charge is 2.18. The van der Waals surface area contributed by atoms with Gasteiger partial charge in [0.05, 0.1) is 16.2 Å². The van der Waals surface area contributed by atoms with Crippen molar-refractivity contribution in [2.45, 2.75) is 32.6 Å². The second-order valence-corrected chi connectivity index (χ2v) is 4.83. The lowest BCUT2D eigenvalue weighted by Gasteiger charge is -2.06. The van der Waals surface area contributed by atoms with Gasteiger partial charge in [0.2, 0.25) is 5.91 Å². The van der Waals surface area contributed by atoms with E-state index in [1.165, 1.54) is 12.1 Å². The molecule has 1 saturated carbocycles. The van der Waals surface area contributed by atoms with Crippen molar-refractivity contribution in [3.8, 4) is 11.8 Å². The fourth-order valence-electron chi connectivity index (χ4n) is 1.71. The topological polar surface area (TPSA) is 72.2 Å². The first kappa shape index (κ1) is 14.1. The third kappa shape index (κ3) is 3.82. The highest BCUT2D eigenvalue weighted by Crippen LogP contribution is 2.28. The molecule has 104 valence electrons. The molecule has 1 fully saturated rings. The number of carbonyl (C=O) groups excluding carboxylic acids is 1. The molecule has 1 N–H and O–H groups in total. The number of hydrogen-bond donors (Lipinski definition) is 1. The van der Waals surface area contributed by atoms with Crippen molar-refractivity contribution >= 4 is 17.3 Å². The zero-order chi connectivity index (χ0) is 14.5. The Hall–Kier alpha value is -2.35. The maximum absolute atomic E-state index is 11.6. The van der Waals surface area contributed by atoms with Crippen molar-refractivity contribution in [2.75, 3.05) is 5.32 Å². The van der Waals surface area contributed by atoms with Crippen LogP contribution in [0, 0.1) is 27.9 Å². The van der Waals surface area contributed by atoms with Gasteiger partial charge >= 0.3 is 0 Å². The Morgan fingerprint density at radius 3 is 2.85 bits per heavy atom. The maximum Gasteiger partial charge on any atom is 0.270 e. The van der Waals surface area contributed by atoms with Crippen LogP contribution < -0.4 is 5.32 Å². The Labute approximate surface area is 117 Å². The van der Waals surface area contributed by atoms with Crippen molar-refractivity contribution in [1.82, 2.24) is 0 Å². The Morgan fingerprint density at radius 1 is 1.50 bits per heavy atom. The van der Waals surface area contributed by atoms with Gasteiger partial charge in [0.15, 0.2) is 0 Å². The lowest BCUT2D eigenvalue weighted by molar-refractivity contribution is -0.384. The minimum Gasteiger partial charge on any atom is -0.325 e. The number of amides is 1. The number of nitro groups is 1. The smallest absolute Gasteiger partial charge is 0.270 e. The molecule has 0 unspecified atom stereocenters. The summed E-state index contributed by atoms with van der Waals surface area (Å²) in [5.74, 6) is 6.31. The lowest BCUT2D eigenvalue weighted by atomic mass is 10.1. The summed E-state index contributed by atoms with van der Waals surface area (Å²) in [5, 5.41) is 13.6. The molecule has 1 aliphatic rings. The van der Waals surface area contributed by atoms with Crippen molar-refractivity contribution < 1.29 is 9.72 Å². The van der Waals surface area contributed by atoms with Crippen molar-refractivity contribution in [3.63, 3.8) is 0 Å². The van der Waals surface area contributed by atoms with Crippen LogP contribution >= 0.6 is 0 Å². The number of carbonyl (C=O) groups is 1. The van der Waals surface area contributed by atoms with E-state index >= 15 is 0 Å². The Bertz CT molecular complexity index is 595. The van der Waals surface area contributed by atoms with Crippen LogP contribution in [0.1, 0.15) is 38.2 Å². The molecule has 0 bridgehead atoms. The quantitative estimate of drug-likeness (QED) is 0.520. The average Bonchev–Trinajstić information content (AvgIpc) is 3.21. The number of benzene rings is 1. The molecule has 1 aromatic rings. The van der Waals surface area contributed by atoms with Gasteiger partial charge in [0.25, 0.3) is 5.69 Å². The molecule has 1 aromatic carbocycles. The molecule has 0 atom stereocenters. The molecule has 20 heavy (non-hydrogen) atoms. The first-order valence-electron chi connectivity index (χ1n) is 6.70. The van der Waals surface area contributed by atoms with Gasteiger partial charge in [-0.1, -0.05) is 18.8 Å². The third-order valence-corrected chi connectivity index (χ3v) is 2.95. The Kier molecular flexibility index (Phi) is 4.36. The van der Waals surface area contributed by atoms with Gasteiger partial charge in [0, 0.05) is 24.5 Å². The number of anilines is 1. The fraction of sp³-hybridized carbons (Fsp3) is 0.400. The van der Waals surface area contributed by atoms with Gasteiger partial charge in [-0.25, -0.2) is 0 Å². The van der Waals surface area contributed by atoms with E-state index in [4.69, 9.17) is 0 Å². The van der Waals surface area contributed by atoms with Crippen LogP contribution in [0.15, 0.2) is 18.2 Å². The second-order valence-electron chi connectivity index (χ2n) is 4.83. The summed E-state index contributed by atoms with van der Waals surface area (Å²) in [5.41, 5.74) is 1.04. The number of nitrogens with zero attached hydrogens (tertiary/aromatic N) is 1. The first-order chi connectivity index (χ1) is 9.60. The fourth-order valence-corrected chi connectivity index (χ4v) is 1.71. The summed E-state index contributed by atoms with van der Waals surface area (Å²) in [7, 11) is 0.